The largest absolute Gasteiger partial charge is 1.00 e. The second-order valence-corrected chi connectivity index (χ2v) is 4.40. The van der Waals surface area contributed by atoms with Crippen molar-refractivity contribution in [3.63, 3.8) is 0 Å². The zero-order chi connectivity index (χ0) is 13.1. The molecule has 0 atom stereocenters. The Labute approximate surface area is 119 Å². The van der Waals surface area contributed by atoms with E-state index in [2.05, 4.69) is 10.2 Å². The molecular weight excluding hydrogens is 262 g/mol. The number of rotatable bonds is 3. The molecular formula is C13H18ClN5. The highest BCUT2D eigenvalue weighted by molar-refractivity contribution is 5.65. The fraction of sp³-hybridized carbons (Fsp3) is 0.308. The number of anilines is 1. The Hall–Kier alpha value is -1.88. The zero-order valence-corrected chi connectivity index (χ0v) is 12.3. The summed E-state index contributed by atoms with van der Waals surface area (Å²) in [6, 6.07) is 7.95. The summed E-state index contributed by atoms with van der Waals surface area (Å²) in [4.78, 5) is 2.03. The van der Waals surface area contributed by atoms with Crippen molar-refractivity contribution in [2.45, 2.75) is 0 Å². The third-order valence-corrected chi connectivity index (χ3v) is 2.76. The number of imidazole rings is 1. The SMILES string of the molecule is CN(C)c1ccccc1N=Nc1n(C)cc[n+]1C.[Cl-]. The van der Waals surface area contributed by atoms with E-state index < -0.39 is 0 Å². The van der Waals surface area contributed by atoms with Crippen LogP contribution in [0.3, 0.4) is 0 Å². The molecule has 1 heterocycles. The van der Waals surface area contributed by atoms with Gasteiger partial charge in [-0.15, -0.1) is 0 Å². The molecule has 2 rings (SSSR count). The van der Waals surface area contributed by atoms with Gasteiger partial charge in [0.2, 0.25) is 0 Å². The van der Waals surface area contributed by atoms with E-state index in [9.17, 15) is 0 Å². The van der Waals surface area contributed by atoms with Crippen molar-refractivity contribution in [3.8, 4) is 0 Å². The minimum atomic E-state index is 0. The molecule has 0 fully saturated rings. The topological polar surface area (TPSA) is 36.8 Å². The van der Waals surface area contributed by atoms with Gasteiger partial charge in [0, 0.05) is 19.2 Å². The average Bonchev–Trinajstić information content (AvgIpc) is 2.67. The van der Waals surface area contributed by atoms with E-state index >= 15 is 0 Å². The van der Waals surface area contributed by atoms with Crippen molar-refractivity contribution in [2.75, 3.05) is 19.0 Å². The minimum absolute atomic E-state index is 0. The maximum absolute atomic E-state index is 4.33. The number of halogens is 1. The quantitative estimate of drug-likeness (QED) is 0.543. The van der Waals surface area contributed by atoms with Gasteiger partial charge in [0.15, 0.2) is 0 Å². The lowest BCUT2D eigenvalue weighted by Gasteiger charge is -2.12. The standard InChI is InChI=1S/C13H18N5.ClH/c1-16(2)12-8-6-5-7-11(12)14-15-13-17(3)9-10-18(13)4;/h5-10H,1-4H3;1H/q+1;/p-1. The normalized spacial score (nSPS) is 10.5. The van der Waals surface area contributed by atoms with Gasteiger partial charge in [-0.2, -0.15) is 0 Å². The second-order valence-electron chi connectivity index (χ2n) is 4.40. The van der Waals surface area contributed by atoms with Crippen molar-refractivity contribution in [1.82, 2.24) is 4.57 Å². The molecule has 0 bridgehead atoms. The van der Waals surface area contributed by atoms with Crippen LogP contribution in [0.4, 0.5) is 17.3 Å². The molecule has 0 saturated carbocycles. The van der Waals surface area contributed by atoms with Crippen LogP contribution in [-0.4, -0.2) is 18.7 Å². The number of nitrogens with zero attached hydrogens (tertiary/aromatic N) is 5. The summed E-state index contributed by atoms with van der Waals surface area (Å²) in [5, 5.41) is 8.64. The van der Waals surface area contributed by atoms with Crippen LogP contribution in [0.1, 0.15) is 0 Å². The molecule has 0 aliphatic rings. The Morgan fingerprint density at radius 1 is 1.16 bits per heavy atom. The number of aromatic nitrogens is 2. The molecule has 1 aromatic carbocycles. The van der Waals surface area contributed by atoms with Crippen LogP contribution in [0, 0.1) is 0 Å². The summed E-state index contributed by atoms with van der Waals surface area (Å²) in [7, 11) is 7.89. The molecule has 0 amide bonds. The highest BCUT2D eigenvalue weighted by Gasteiger charge is 2.11. The Balaban J connectivity index is 0.00000180. The van der Waals surface area contributed by atoms with Crippen LogP contribution in [0.2, 0.25) is 0 Å². The molecule has 6 heteroatoms. The lowest BCUT2D eigenvalue weighted by molar-refractivity contribution is -0.657. The fourth-order valence-corrected chi connectivity index (χ4v) is 1.75. The van der Waals surface area contributed by atoms with Crippen LogP contribution in [0.15, 0.2) is 46.9 Å². The highest BCUT2D eigenvalue weighted by atomic mass is 35.5. The maximum Gasteiger partial charge on any atom is 0.421 e. The molecule has 0 N–H and O–H groups in total. The Kier molecular flexibility index (Phi) is 5.06. The number of para-hydroxylation sites is 1. The summed E-state index contributed by atoms with van der Waals surface area (Å²) >= 11 is 0. The first kappa shape index (κ1) is 15.2. The zero-order valence-electron chi connectivity index (χ0n) is 11.6. The molecule has 0 spiro atoms. The van der Waals surface area contributed by atoms with Crippen LogP contribution in [0.5, 0.6) is 0 Å². The van der Waals surface area contributed by atoms with Gasteiger partial charge in [-0.1, -0.05) is 17.2 Å². The first-order valence-electron chi connectivity index (χ1n) is 5.78. The Bertz CT molecular complexity index is 555. The molecule has 0 saturated heterocycles. The maximum atomic E-state index is 4.33. The van der Waals surface area contributed by atoms with E-state index in [0.29, 0.717) is 0 Å². The Morgan fingerprint density at radius 2 is 1.84 bits per heavy atom. The van der Waals surface area contributed by atoms with Crippen molar-refractivity contribution in [1.29, 1.82) is 0 Å². The van der Waals surface area contributed by atoms with Gasteiger partial charge in [-0.05, 0) is 12.1 Å². The van der Waals surface area contributed by atoms with Crippen molar-refractivity contribution in [2.24, 2.45) is 24.3 Å². The fourth-order valence-electron chi connectivity index (χ4n) is 1.75. The van der Waals surface area contributed by atoms with Gasteiger partial charge >= 0.3 is 5.95 Å². The van der Waals surface area contributed by atoms with Crippen molar-refractivity contribution in [3.05, 3.63) is 36.7 Å². The van der Waals surface area contributed by atoms with E-state index in [4.69, 9.17) is 0 Å². The van der Waals surface area contributed by atoms with Crippen LogP contribution < -0.4 is 21.9 Å². The smallest absolute Gasteiger partial charge is 0.421 e. The van der Waals surface area contributed by atoms with Gasteiger partial charge in [0.05, 0.1) is 32.2 Å². The molecule has 0 aliphatic heterocycles. The van der Waals surface area contributed by atoms with Gasteiger partial charge in [0.1, 0.15) is 5.69 Å². The summed E-state index contributed by atoms with van der Waals surface area (Å²) in [6.45, 7) is 0. The van der Waals surface area contributed by atoms with E-state index in [1.54, 1.807) is 0 Å². The Morgan fingerprint density at radius 3 is 2.42 bits per heavy atom. The number of hydrogen-bond donors (Lipinski definition) is 0. The van der Waals surface area contributed by atoms with E-state index in [-0.39, 0.29) is 12.4 Å². The monoisotopic (exact) mass is 279 g/mol. The van der Waals surface area contributed by atoms with Gasteiger partial charge in [0.25, 0.3) is 0 Å². The number of aryl methyl sites for hydroxylation is 2. The average molecular weight is 280 g/mol. The van der Waals surface area contributed by atoms with E-state index in [0.717, 1.165) is 17.3 Å². The molecule has 2 aromatic rings. The highest BCUT2D eigenvalue weighted by Crippen LogP contribution is 2.27. The molecule has 19 heavy (non-hydrogen) atoms. The predicted octanol–water partition coefficient (Wildman–Crippen LogP) is -0.665. The van der Waals surface area contributed by atoms with E-state index in [1.165, 1.54) is 0 Å². The molecule has 0 unspecified atom stereocenters. The number of azo groups is 1. The van der Waals surface area contributed by atoms with Crippen molar-refractivity contribution >= 4 is 17.3 Å². The lowest BCUT2D eigenvalue weighted by Crippen LogP contribution is -3.00. The van der Waals surface area contributed by atoms with Crippen LogP contribution in [-0.2, 0) is 14.1 Å². The second kappa shape index (κ2) is 6.33. The lowest BCUT2D eigenvalue weighted by atomic mass is 10.2. The molecule has 102 valence electrons. The number of hydrogen-bond acceptors (Lipinski definition) is 3. The molecule has 5 nitrogen and oxygen atoms in total. The molecule has 0 aliphatic carbocycles. The first-order valence-corrected chi connectivity index (χ1v) is 5.78. The van der Waals surface area contributed by atoms with Gasteiger partial charge in [-0.3, -0.25) is 0 Å². The third kappa shape index (κ3) is 3.32. The predicted molar refractivity (Wildman–Crippen MR) is 71.5 cm³/mol. The third-order valence-electron chi connectivity index (χ3n) is 2.76. The van der Waals surface area contributed by atoms with Gasteiger partial charge in [-0.25, -0.2) is 9.13 Å². The van der Waals surface area contributed by atoms with Crippen LogP contribution >= 0.6 is 0 Å². The minimum Gasteiger partial charge on any atom is -1.00 e. The summed E-state index contributed by atoms with van der Waals surface area (Å²) in [5.41, 5.74) is 1.92. The van der Waals surface area contributed by atoms with Gasteiger partial charge < -0.3 is 17.3 Å². The van der Waals surface area contributed by atoms with Crippen LogP contribution in [0.25, 0.3) is 0 Å². The summed E-state index contributed by atoms with van der Waals surface area (Å²) < 4.78 is 3.86. The summed E-state index contributed by atoms with van der Waals surface area (Å²) in [6.07, 6.45) is 3.90. The molecule has 1 aromatic heterocycles. The van der Waals surface area contributed by atoms with E-state index in [1.807, 2.05) is 78.9 Å². The molecule has 0 radical (unpaired) electrons. The van der Waals surface area contributed by atoms with Crippen molar-refractivity contribution < 1.29 is 17.0 Å². The first-order chi connectivity index (χ1) is 8.59. The number of benzene rings is 1. The summed E-state index contributed by atoms with van der Waals surface area (Å²) in [5.74, 6) is 0.809.